The van der Waals surface area contributed by atoms with Crippen LogP contribution in [-0.2, 0) is 12.2 Å². The zero-order chi connectivity index (χ0) is 25.5. The molecule has 12 heteroatoms. The number of hydrogen-bond acceptors (Lipinski definition) is 8. The van der Waals surface area contributed by atoms with Crippen LogP contribution in [0.5, 0.6) is 5.75 Å². The van der Waals surface area contributed by atoms with Crippen molar-refractivity contribution in [3.63, 3.8) is 0 Å². The van der Waals surface area contributed by atoms with Crippen molar-refractivity contribution in [3.05, 3.63) is 79.6 Å². The number of aromatic nitrogens is 5. The van der Waals surface area contributed by atoms with Gasteiger partial charge in [-0.05, 0) is 39.3 Å². The Kier molecular flexibility index (Phi) is 6.67. The smallest absolute Gasteiger partial charge is 0.277 e. The predicted octanol–water partition coefficient (Wildman–Crippen LogP) is 4.50. The summed E-state index contributed by atoms with van der Waals surface area (Å²) in [4.78, 5) is 21.3. The standard InChI is InChI=1S/C23H20ClF2N5O3S/c1-11-8-27-15(20-29-30-22(35-20)23(3,4)33)7-17(11)31-12(2)5-18(19(24)21(31)32)34-10-16-14(26)6-13(25)9-28-16/h5-9,33H,10H2,1-4H3. The Morgan fingerprint density at radius 3 is 2.54 bits per heavy atom. The number of hydrogen-bond donors (Lipinski definition) is 1. The number of ether oxygens (including phenoxy) is 1. The third-order valence-corrected chi connectivity index (χ3v) is 6.64. The van der Waals surface area contributed by atoms with Crippen LogP contribution in [0.4, 0.5) is 8.78 Å². The lowest BCUT2D eigenvalue weighted by Crippen LogP contribution is -2.23. The van der Waals surface area contributed by atoms with Gasteiger partial charge in [-0.3, -0.25) is 19.3 Å². The van der Waals surface area contributed by atoms with E-state index in [2.05, 4.69) is 20.2 Å². The Bertz CT molecular complexity index is 1480. The maximum absolute atomic E-state index is 13.9. The van der Waals surface area contributed by atoms with Gasteiger partial charge in [0.15, 0.2) is 10.8 Å². The number of halogens is 3. The SMILES string of the molecule is Cc1cnc(-c2nnc(C(C)(C)O)s2)cc1-n1c(C)cc(OCc2ncc(F)cc2F)c(Cl)c1=O. The minimum absolute atomic E-state index is 0.0433. The third kappa shape index (κ3) is 5.07. The van der Waals surface area contributed by atoms with Gasteiger partial charge in [-0.2, -0.15) is 0 Å². The number of nitrogens with zero attached hydrogens (tertiary/aromatic N) is 5. The first-order valence-corrected chi connectivity index (χ1v) is 11.5. The molecule has 4 aromatic rings. The highest BCUT2D eigenvalue weighted by Crippen LogP contribution is 2.31. The zero-order valence-corrected chi connectivity index (χ0v) is 20.7. The van der Waals surface area contributed by atoms with Crippen LogP contribution in [0, 0.1) is 25.5 Å². The van der Waals surface area contributed by atoms with Crippen LogP contribution >= 0.6 is 22.9 Å². The third-order valence-electron chi connectivity index (χ3n) is 5.03. The maximum atomic E-state index is 13.9. The summed E-state index contributed by atoms with van der Waals surface area (Å²) in [6.45, 7) is 6.37. The van der Waals surface area contributed by atoms with Gasteiger partial charge >= 0.3 is 0 Å². The molecule has 4 aromatic heterocycles. The summed E-state index contributed by atoms with van der Waals surface area (Å²) in [6, 6.07) is 3.93. The molecule has 0 bridgehead atoms. The summed E-state index contributed by atoms with van der Waals surface area (Å²) in [5, 5.41) is 19.0. The molecule has 0 spiro atoms. The summed E-state index contributed by atoms with van der Waals surface area (Å²) in [6.07, 6.45) is 2.47. The summed E-state index contributed by atoms with van der Waals surface area (Å²) in [5.74, 6) is -1.63. The average molecular weight is 520 g/mol. The topological polar surface area (TPSA) is 103 Å². The van der Waals surface area contributed by atoms with E-state index in [9.17, 15) is 18.7 Å². The van der Waals surface area contributed by atoms with Crippen LogP contribution in [0.3, 0.4) is 0 Å². The van der Waals surface area contributed by atoms with Crippen LogP contribution in [0.1, 0.15) is 35.8 Å². The molecule has 0 saturated heterocycles. The summed E-state index contributed by atoms with van der Waals surface area (Å²) in [7, 11) is 0. The van der Waals surface area contributed by atoms with Crippen LogP contribution < -0.4 is 10.3 Å². The first kappa shape index (κ1) is 24.8. The van der Waals surface area contributed by atoms with Crippen molar-refractivity contribution in [1.82, 2.24) is 24.7 Å². The van der Waals surface area contributed by atoms with E-state index in [4.69, 9.17) is 16.3 Å². The second kappa shape index (κ2) is 9.40. The Morgan fingerprint density at radius 2 is 1.89 bits per heavy atom. The molecule has 8 nitrogen and oxygen atoms in total. The van der Waals surface area contributed by atoms with Crippen molar-refractivity contribution >= 4 is 22.9 Å². The molecule has 0 aliphatic heterocycles. The van der Waals surface area contributed by atoms with E-state index in [0.717, 1.165) is 6.20 Å². The second-order valence-electron chi connectivity index (χ2n) is 8.30. The highest BCUT2D eigenvalue weighted by Gasteiger charge is 2.23. The molecule has 0 fully saturated rings. The number of aliphatic hydroxyl groups is 1. The van der Waals surface area contributed by atoms with E-state index in [1.54, 1.807) is 46.0 Å². The normalized spacial score (nSPS) is 11.7. The molecule has 1 N–H and O–H groups in total. The minimum atomic E-state index is -1.15. The fourth-order valence-electron chi connectivity index (χ4n) is 3.23. The molecule has 0 radical (unpaired) electrons. The van der Waals surface area contributed by atoms with Gasteiger partial charge in [0.05, 0.1) is 11.9 Å². The average Bonchev–Trinajstić information content (AvgIpc) is 3.28. The lowest BCUT2D eigenvalue weighted by Gasteiger charge is -2.16. The van der Waals surface area contributed by atoms with Crippen LogP contribution in [0.15, 0.2) is 35.4 Å². The molecule has 0 amide bonds. The lowest BCUT2D eigenvalue weighted by molar-refractivity contribution is 0.0775. The Labute approximate surface area is 207 Å². The molecule has 4 heterocycles. The summed E-state index contributed by atoms with van der Waals surface area (Å²) in [5.41, 5.74) is 0.374. The van der Waals surface area contributed by atoms with E-state index in [-0.39, 0.29) is 23.1 Å². The lowest BCUT2D eigenvalue weighted by atomic mass is 10.2. The van der Waals surface area contributed by atoms with Gasteiger partial charge in [-0.25, -0.2) is 8.78 Å². The minimum Gasteiger partial charge on any atom is -0.485 e. The largest absolute Gasteiger partial charge is 0.485 e. The second-order valence-corrected chi connectivity index (χ2v) is 9.66. The maximum Gasteiger partial charge on any atom is 0.277 e. The fourth-order valence-corrected chi connectivity index (χ4v) is 4.23. The van der Waals surface area contributed by atoms with Crippen molar-refractivity contribution in [3.8, 4) is 22.1 Å². The summed E-state index contributed by atoms with van der Waals surface area (Å²) >= 11 is 7.51. The van der Waals surface area contributed by atoms with Crippen LogP contribution in [-0.4, -0.2) is 29.8 Å². The van der Waals surface area contributed by atoms with Crippen molar-refractivity contribution in [2.24, 2.45) is 0 Å². The van der Waals surface area contributed by atoms with Crippen molar-refractivity contribution < 1.29 is 18.6 Å². The molecule has 0 aliphatic rings. The van der Waals surface area contributed by atoms with Gasteiger partial charge in [0.2, 0.25) is 0 Å². The summed E-state index contributed by atoms with van der Waals surface area (Å²) < 4.78 is 33.9. The Morgan fingerprint density at radius 1 is 1.14 bits per heavy atom. The van der Waals surface area contributed by atoms with E-state index in [1.807, 2.05) is 0 Å². The van der Waals surface area contributed by atoms with E-state index >= 15 is 0 Å². The molecule has 4 rings (SSSR count). The zero-order valence-electron chi connectivity index (χ0n) is 19.1. The quantitative estimate of drug-likeness (QED) is 0.400. The van der Waals surface area contributed by atoms with E-state index < -0.39 is 22.8 Å². The van der Waals surface area contributed by atoms with Crippen molar-refractivity contribution in [1.29, 1.82) is 0 Å². The molecule has 0 aliphatic carbocycles. The monoisotopic (exact) mass is 519 g/mol. The van der Waals surface area contributed by atoms with Gasteiger partial charge in [0.1, 0.15) is 45.2 Å². The van der Waals surface area contributed by atoms with Gasteiger partial charge in [-0.1, -0.05) is 22.9 Å². The molecule has 182 valence electrons. The number of pyridine rings is 3. The van der Waals surface area contributed by atoms with Gasteiger partial charge < -0.3 is 9.84 Å². The van der Waals surface area contributed by atoms with Gasteiger partial charge in [-0.15, -0.1) is 10.2 Å². The molecule has 0 saturated carbocycles. The first-order valence-electron chi connectivity index (χ1n) is 10.3. The number of rotatable bonds is 6. The molecule has 0 unspecified atom stereocenters. The predicted molar refractivity (Wildman–Crippen MR) is 127 cm³/mol. The molecule has 0 atom stereocenters. The van der Waals surface area contributed by atoms with Gasteiger partial charge in [0, 0.05) is 24.0 Å². The molecule has 0 aromatic carbocycles. The van der Waals surface area contributed by atoms with Crippen molar-refractivity contribution in [2.45, 2.75) is 39.9 Å². The van der Waals surface area contributed by atoms with Crippen LogP contribution in [0.2, 0.25) is 5.02 Å². The van der Waals surface area contributed by atoms with Gasteiger partial charge in [0.25, 0.3) is 5.56 Å². The molecular formula is C23H20ClF2N5O3S. The highest BCUT2D eigenvalue weighted by atomic mass is 35.5. The Balaban J connectivity index is 1.70. The number of aryl methyl sites for hydroxylation is 2. The Hall–Kier alpha value is -3.28. The first-order chi connectivity index (χ1) is 16.5. The van der Waals surface area contributed by atoms with Crippen molar-refractivity contribution in [2.75, 3.05) is 0 Å². The van der Waals surface area contributed by atoms with E-state index in [0.29, 0.717) is 38.7 Å². The fraction of sp³-hybridized carbons (Fsp3) is 0.261. The highest BCUT2D eigenvalue weighted by molar-refractivity contribution is 7.14. The van der Waals surface area contributed by atoms with Crippen LogP contribution in [0.25, 0.3) is 16.4 Å². The van der Waals surface area contributed by atoms with E-state index in [1.165, 1.54) is 15.9 Å². The molecule has 35 heavy (non-hydrogen) atoms. The molecular weight excluding hydrogens is 500 g/mol.